The van der Waals surface area contributed by atoms with Crippen molar-refractivity contribution in [2.24, 2.45) is 0 Å². The molecule has 0 spiro atoms. The first kappa shape index (κ1) is 8.34. The summed E-state index contributed by atoms with van der Waals surface area (Å²) in [6.45, 7) is 0. The van der Waals surface area contributed by atoms with Crippen molar-refractivity contribution in [1.82, 2.24) is 0 Å². The van der Waals surface area contributed by atoms with E-state index < -0.39 is 0 Å². The first-order chi connectivity index (χ1) is 6.39. The highest BCUT2D eigenvalue weighted by Gasteiger charge is 1.92. The summed E-state index contributed by atoms with van der Waals surface area (Å²) in [5.74, 6) is 0. The maximum absolute atomic E-state index is 7.67. The highest BCUT2D eigenvalue weighted by molar-refractivity contribution is 4.81. The van der Waals surface area contributed by atoms with Gasteiger partial charge >= 0.3 is 0 Å². The van der Waals surface area contributed by atoms with Gasteiger partial charge in [0, 0.05) is 0 Å². The summed E-state index contributed by atoms with van der Waals surface area (Å²) in [6.07, 6.45) is 15.1. The van der Waals surface area contributed by atoms with Gasteiger partial charge in [-0.25, -0.2) is 0 Å². The van der Waals surface area contributed by atoms with Crippen molar-refractivity contribution in [3.8, 4) is 0 Å². The van der Waals surface area contributed by atoms with Crippen molar-refractivity contribution in [2.45, 2.75) is 64.2 Å². The molecule has 12 heavy (non-hydrogen) atoms. The Hall–Kier alpha value is -0.260. The van der Waals surface area contributed by atoms with Gasteiger partial charge in [0.2, 0.25) is 0 Å². The van der Waals surface area contributed by atoms with Gasteiger partial charge < -0.3 is 0 Å². The highest BCUT2D eigenvalue weighted by atomic mass is 14.0. The summed E-state index contributed by atoms with van der Waals surface area (Å²) in [5.41, 5.74) is 0. The summed E-state index contributed by atoms with van der Waals surface area (Å²) >= 11 is 0. The fourth-order valence-electron chi connectivity index (χ4n) is 1.74. The molecular weight excluding hydrogens is 144 g/mol. The second-order valence-electron chi connectivity index (χ2n) is 3.78. The van der Waals surface area contributed by atoms with Crippen molar-refractivity contribution < 1.29 is 1.37 Å². The average Bonchev–Trinajstić information content (AvgIpc) is 2.11. The zero-order valence-electron chi connectivity index (χ0n) is 9.15. The summed E-state index contributed by atoms with van der Waals surface area (Å²) in [5, 5.41) is 0. The monoisotopic (exact) mass is 168 g/mol. The fourth-order valence-corrected chi connectivity index (χ4v) is 1.74. The molecule has 1 aliphatic rings. The normalized spacial score (nSPS) is 29.0. The lowest BCUT2D eigenvalue weighted by molar-refractivity contribution is 0.566. The predicted molar refractivity (Wildman–Crippen MR) is 55.3 cm³/mol. The Morgan fingerprint density at radius 3 is 1.83 bits per heavy atom. The van der Waals surface area contributed by atoms with Crippen LogP contribution < -0.4 is 0 Å². The Bertz CT molecular complexity index is 149. The van der Waals surface area contributed by atoms with Gasteiger partial charge in [0.15, 0.2) is 0 Å². The molecule has 0 bridgehead atoms. The second kappa shape index (κ2) is 7.39. The Morgan fingerprint density at radius 1 is 0.667 bits per heavy atom. The topological polar surface area (TPSA) is 0 Å². The first-order valence-corrected chi connectivity index (χ1v) is 5.55. The third-order valence-electron chi connectivity index (χ3n) is 2.56. The molecule has 0 aromatic carbocycles. The molecule has 0 aliphatic heterocycles. The van der Waals surface area contributed by atoms with Crippen molar-refractivity contribution in [3.05, 3.63) is 12.1 Å². The van der Waals surface area contributed by atoms with E-state index in [0.29, 0.717) is 0 Å². The van der Waals surface area contributed by atoms with Gasteiger partial charge in [-0.2, -0.15) is 0 Å². The Kier molecular flexibility index (Phi) is 5.14. The lowest BCUT2D eigenvalue weighted by Crippen LogP contribution is -1.82. The minimum Gasteiger partial charge on any atom is -0.0885 e. The largest absolute Gasteiger partial charge is 0.0885 e. The molecule has 0 saturated carbocycles. The molecular formula is C12H22. The predicted octanol–water partition coefficient (Wildman–Crippen LogP) is 4.46. The number of hydrogen-bond acceptors (Lipinski definition) is 0. The van der Waals surface area contributed by atoms with E-state index >= 15 is 0 Å². The van der Waals surface area contributed by atoms with Gasteiger partial charge in [0.05, 0.1) is 1.37 Å². The number of rotatable bonds is 0. The minimum absolute atomic E-state index is 0.876. The van der Waals surface area contributed by atoms with Gasteiger partial charge in [-0.3, -0.25) is 0 Å². The molecule has 0 N–H and O–H groups in total. The molecule has 1 aliphatic carbocycles. The molecule has 0 fully saturated rings. The van der Waals surface area contributed by atoms with Crippen molar-refractivity contribution in [1.29, 1.82) is 0 Å². The smallest absolute Gasteiger partial charge is 0.0572 e. The number of hydrogen-bond donors (Lipinski definition) is 0. The van der Waals surface area contributed by atoms with Gasteiger partial charge in [0.25, 0.3) is 0 Å². The first-order valence-electron chi connectivity index (χ1n) is 6.05. The van der Waals surface area contributed by atoms with Crippen LogP contribution in [-0.4, -0.2) is 0 Å². The zero-order chi connectivity index (χ0) is 9.36. The van der Waals surface area contributed by atoms with E-state index in [9.17, 15) is 0 Å². The van der Waals surface area contributed by atoms with Crippen LogP contribution in [0.2, 0.25) is 0 Å². The summed E-state index contributed by atoms with van der Waals surface area (Å²) in [6, 6.07) is 0.876. The SMILES string of the molecule is [3H]/C1=C\CCCCCCCCCC1. The fraction of sp³-hybridized carbons (Fsp3) is 0.833. The summed E-state index contributed by atoms with van der Waals surface area (Å²) in [4.78, 5) is 0. The van der Waals surface area contributed by atoms with Crippen LogP contribution in [-0.2, 0) is 0 Å². The van der Waals surface area contributed by atoms with Crippen LogP contribution in [0.15, 0.2) is 12.1 Å². The van der Waals surface area contributed by atoms with Gasteiger partial charge in [0.1, 0.15) is 0 Å². The summed E-state index contributed by atoms with van der Waals surface area (Å²) in [7, 11) is 0. The molecule has 0 unspecified atom stereocenters. The maximum atomic E-state index is 7.67. The quantitative estimate of drug-likeness (QED) is 0.468. The Labute approximate surface area is 78.5 Å². The van der Waals surface area contributed by atoms with E-state index in [1.165, 1.54) is 51.4 Å². The van der Waals surface area contributed by atoms with Crippen LogP contribution in [0.4, 0.5) is 0 Å². The molecule has 0 atom stereocenters. The molecule has 0 aromatic rings. The van der Waals surface area contributed by atoms with Gasteiger partial charge in [-0.05, 0) is 25.7 Å². The summed E-state index contributed by atoms with van der Waals surface area (Å²) < 4.78 is 7.67. The van der Waals surface area contributed by atoms with Crippen LogP contribution in [0.5, 0.6) is 0 Å². The van der Waals surface area contributed by atoms with Crippen LogP contribution in [0.25, 0.3) is 0 Å². The molecule has 0 radical (unpaired) electrons. The average molecular weight is 168 g/mol. The molecule has 0 heteroatoms. The highest BCUT2D eigenvalue weighted by Crippen LogP contribution is 2.12. The Balaban J connectivity index is 2.23. The van der Waals surface area contributed by atoms with Crippen molar-refractivity contribution in [3.63, 3.8) is 0 Å². The van der Waals surface area contributed by atoms with E-state index in [1.54, 1.807) is 0 Å². The molecule has 0 amide bonds. The van der Waals surface area contributed by atoms with E-state index in [2.05, 4.69) is 6.08 Å². The van der Waals surface area contributed by atoms with Gasteiger partial charge in [-0.15, -0.1) is 0 Å². The van der Waals surface area contributed by atoms with Crippen LogP contribution in [0, 0.1) is 0 Å². The maximum Gasteiger partial charge on any atom is 0.0572 e. The van der Waals surface area contributed by atoms with Crippen LogP contribution in [0.3, 0.4) is 0 Å². The van der Waals surface area contributed by atoms with E-state index in [-0.39, 0.29) is 0 Å². The van der Waals surface area contributed by atoms with Crippen LogP contribution in [0.1, 0.15) is 65.6 Å². The lowest BCUT2D eigenvalue weighted by atomic mass is 10.0. The van der Waals surface area contributed by atoms with E-state index in [1.807, 2.05) is 0 Å². The standard InChI is InChI=1S/C12H22/c1-2-4-6-8-10-12-11-9-7-5-3-1/h1-2H,3-12H2/b2-1+/i1T. The zero-order valence-corrected chi connectivity index (χ0v) is 8.15. The van der Waals surface area contributed by atoms with Crippen LogP contribution >= 0.6 is 0 Å². The lowest BCUT2D eigenvalue weighted by Gasteiger charge is -2.02. The second-order valence-corrected chi connectivity index (χ2v) is 3.78. The molecule has 0 saturated heterocycles. The third-order valence-corrected chi connectivity index (χ3v) is 2.56. The molecule has 0 nitrogen and oxygen atoms in total. The van der Waals surface area contributed by atoms with E-state index in [4.69, 9.17) is 1.37 Å². The molecule has 0 heterocycles. The van der Waals surface area contributed by atoms with Crippen molar-refractivity contribution >= 4 is 0 Å². The molecule has 0 aromatic heterocycles. The minimum atomic E-state index is 0.876. The molecule has 1 rings (SSSR count). The molecule has 70 valence electrons. The Morgan fingerprint density at radius 2 is 1.17 bits per heavy atom. The van der Waals surface area contributed by atoms with E-state index in [0.717, 1.165) is 18.9 Å². The third kappa shape index (κ3) is 5.40. The number of allylic oxidation sites excluding steroid dienone is 2. The van der Waals surface area contributed by atoms with Gasteiger partial charge in [-0.1, -0.05) is 50.7 Å². The van der Waals surface area contributed by atoms with Crippen molar-refractivity contribution in [2.75, 3.05) is 0 Å².